The molecular weight excluding hydrogens is 388 g/mol. The van der Waals surface area contributed by atoms with Gasteiger partial charge in [0.05, 0.1) is 6.16 Å². The van der Waals surface area contributed by atoms with Gasteiger partial charge in [0.2, 0.25) is 0 Å². The molecule has 0 aromatic heterocycles. The molecule has 3 rings (SSSR count). The molecule has 0 aliphatic rings. The van der Waals surface area contributed by atoms with Gasteiger partial charge in [0.25, 0.3) is 0 Å². The molecule has 0 atom stereocenters. The van der Waals surface area contributed by atoms with Crippen LogP contribution in [-0.2, 0) is 0 Å². The topological polar surface area (TPSA) is 33.5 Å². The van der Waals surface area contributed by atoms with Crippen LogP contribution in [0.15, 0.2) is 91.0 Å². The Kier molecular flexibility index (Phi) is 11.0. The summed E-state index contributed by atoms with van der Waals surface area (Å²) in [5.41, 5.74) is 0. The normalized spacial score (nSPS) is 9.88. The molecule has 0 heterocycles. The van der Waals surface area contributed by atoms with E-state index in [-0.39, 0.29) is 52.7 Å². The van der Waals surface area contributed by atoms with Crippen LogP contribution in [0.25, 0.3) is 6.15 Å². The van der Waals surface area contributed by atoms with E-state index in [1.165, 1.54) is 15.9 Å². The van der Waals surface area contributed by atoms with Crippen LogP contribution in [0.1, 0.15) is 6.92 Å². The summed E-state index contributed by atoms with van der Waals surface area (Å²) in [6, 6.07) is 33.0. The molecule has 2 N–H and O–H groups in total. The molecule has 3 aromatic carbocycles. The Morgan fingerprint density at radius 2 is 0.833 bits per heavy atom. The third-order valence-corrected chi connectivity index (χ3v) is 8.55. The van der Waals surface area contributed by atoms with Crippen molar-refractivity contribution in [3.05, 3.63) is 97.1 Å². The first-order valence-electron chi connectivity index (χ1n) is 7.43. The summed E-state index contributed by atoms with van der Waals surface area (Å²) in [7, 11) is -1.53. The van der Waals surface area contributed by atoms with E-state index in [0.717, 1.165) is 6.16 Å². The molecule has 0 unspecified atom stereocenters. The Bertz CT molecular complexity index is 596. The predicted octanol–water partition coefficient (Wildman–Crippen LogP) is -1.27. The van der Waals surface area contributed by atoms with Crippen LogP contribution in [0.2, 0.25) is 0 Å². The van der Waals surface area contributed by atoms with E-state index in [1.807, 2.05) is 0 Å². The molecule has 4 heteroatoms. The fourth-order valence-corrected chi connectivity index (χ4v) is 7.08. The van der Waals surface area contributed by atoms with Crippen LogP contribution in [0, 0.1) is 0 Å². The molecule has 1 nitrogen and oxygen atoms in total. The molecule has 0 saturated carbocycles. The zero-order valence-electron chi connectivity index (χ0n) is 14.3. The van der Waals surface area contributed by atoms with E-state index in [1.54, 1.807) is 0 Å². The van der Waals surface area contributed by atoms with Gasteiger partial charge in [0.1, 0.15) is 23.2 Å². The van der Waals surface area contributed by atoms with Gasteiger partial charge in [-0.1, -0.05) is 54.6 Å². The van der Waals surface area contributed by atoms with Crippen LogP contribution >= 0.6 is 7.26 Å². The molecule has 3 aromatic rings. The summed E-state index contributed by atoms with van der Waals surface area (Å²) in [5, 5.41) is 4.39. The van der Waals surface area contributed by atoms with Crippen molar-refractivity contribution >= 4 is 23.2 Å². The van der Waals surface area contributed by atoms with Gasteiger partial charge in [-0.2, -0.15) is 0 Å². The number of rotatable bonds is 4. The second kappa shape index (κ2) is 11.2. The van der Waals surface area contributed by atoms with E-state index >= 15 is 0 Å². The summed E-state index contributed by atoms with van der Waals surface area (Å²) >= 11 is 0. The molecule has 24 heavy (non-hydrogen) atoms. The summed E-state index contributed by atoms with van der Waals surface area (Å²) in [6.45, 7) is 2.32. The SMILES string of the molecule is CC[P+](c1ccccc1)(c1ccccc1)c1ccccc1.[Br-].[NH2-].[Na+]. The zero-order chi connectivity index (χ0) is 14.5. The van der Waals surface area contributed by atoms with E-state index in [9.17, 15) is 0 Å². The molecular formula is C20H22BrNNaP. The van der Waals surface area contributed by atoms with Crippen molar-refractivity contribution in [2.75, 3.05) is 6.16 Å². The first kappa shape index (κ1) is 23.5. The Hall–Kier alpha value is -0.470. The molecule has 0 amide bonds. The van der Waals surface area contributed by atoms with Gasteiger partial charge in [0, 0.05) is 0 Å². The van der Waals surface area contributed by atoms with Crippen LogP contribution in [0.5, 0.6) is 0 Å². The summed E-state index contributed by atoms with van der Waals surface area (Å²) in [5.74, 6) is 0. The van der Waals surface area contributed by atoms with Crippen molar-refractivity contribution in [2.24, 2.45) is 0 Å². The second-order valence-electron chi connectivity index (χ2n) is 5.13. The fraction of sp³-hybridized carbons (Fsp3) is 0.100. The second-order valence-corrected chi connectivity index (χ2v) is 8.93. The van der Waals surface area contributed by atoms with Crippen molar-refractivity contribution in [3.8, 4) is 0 Å². The quantitative estimate of drug-likeness (QED) is 0.380. The van der Waals surface area contributed by atoms with Crippen LogP contribution in [-0.4, -0.2) is 6.16 Å². The minimum atomic E-state index is -1.53. The number of hydrogen-bond donors (Lipinski definition) is 0. The molecule has 0 aliphatic carbocycles. The minimum Gasteiger partial charge on any atom is -1.00 e. The summed E-state index contributed by atoms with van der Waals surface area (Å²) < 4.78 is 0. The van der Waals surface area contributed by atoms with E-state index in [4.69, 9.17) is 0 Å². The smallest absolute Gasteiger partial charge is 1.00 e. The average molecular weight is 410 g/mol. The maximum Gasteiger partial charge on any atom is 1.00 e. The first-order valence-corrected chi connectivity index (χ1v) is 9.40. The maximum absolute atomic E-state index is 2.32. The predicted molar refractivity (Wildman–Crippen MR) is 101 cm³/mol. The van der Waals surface area contributed by atoms with Gasteiger partial charge in [-0.15, -0.1) is 0 Å². The molecule has 0 radical (unpaired) electrons. The largest absolute Gasteiger partial charge is 1.00 e. The Morgan fingerprint density at radius 1 is 0.583 bits per heavy atom. The standard InChI is InChI=1S/C20H20P.BrH.H2N.Na/c1-2-21(18-12-6-3-7-13-18,19-14-8-4-9-15-19)20-16-10-5-11-17-20;;;/h3-17H,2H2,1H3;1H;1H2;/q+1;;-1;+1/p-1. The van der Waals surface area contributed by atoms with Crippen LogP contribution in [0.3, 0.4) is 0 Å². The fourth-order valence-electron chi connectivity index (χ4n) is 3.04. The molecule has 0 spiro atoms. The number of benzene rings is 3. The van der Waals surface area contributed by atoms with Gasteiger partial charge in [-0.25, -0.2) is 0 Å². The Labute approximate surface area is 178 Å². The molecule has 0 saturated heterocycles. The summed E-state index contributed by atoms with van der Waals surface area (Å²) in [4.78, 5) is 0. The maximum atomic E-state index is 2.32. The van der Waals surface area contributed by atoms with Crippen molar-refractivity contribution in [1.29, 1.82) is 0 Å². The third kappa shape index (κ3) is 4.58. The minimum absolute atomic E-state index is 0. The molecule has 0 aliphatic heterocycles. The van der Waals surface area contributed by atoms with Crippen molar-refractivity contribution in [2.45, 2.75) is 6.92 Å². The number of nitrogens with two attached hydrogens (primary N) is 1. The molecule has 0 bridgehead atoms. The Balaban J connectivity index is 0.00000176. The number of hydrogen-bond acceptors (Lipinski definition) is 0. The number of halogens is 1. The van der Waals surface area contributed by atoms with Crippen molar-refractivity contribution in [3.63, 3.8) is 0 Å². The monoisotopic (exact) mass is 409 g/mol. The molecule has 0 fully saturated rings. The van der Waals surface area contributed by atoms with Crippen LogP contribution in [0.4, 0.5) is 0 Å². The average Bonchev–Trinajstić information content (AvgIpc) is 2.59. The molecule has 120 valence electrons. The Morgan fingerprint density at radius 3 is 1.04 bits per heavy atom. The summed E-state index contributed by atoms with van der Waals surface area (Å²) in [6.07, 6.45) is 1.14. The first-order chi connectivity index (χ1) is 10.4. The van der Waals surface area contributed by atoms with Gasteiger partial charge in [-0.05, 0) is 43.3 Å². The van der Waals surface area contributed by atoms with Crippen LogP contribution < -0.4 is 62.5 Å². The van der Waals surface area contributed by atoms with Crippen molar-refractivity contribution < 1.29 is 46.5 Å². The van der Waals surface area contributed by atoms with Gasteiger partial charge in [0.15, 0.2) is 0 Å². The van der Waals surface area contributed by atoms with Gasteiger partial charge >= 0.3 is 29.6 Å². The van der Waals surface area contributed by atoms with E-state index < -0.39 is 7.26 Å². The third-order valence-electron chi connectivity index (χ3n) is 4.07. The van der Waals surface area contributed by atoms with E-state index in [0.29, 0.717) is 0 Å². The van der Waals surface area contributed by atoms with Crippen molar-refractivity contribution in [1.82, 2.24) is 0 Å². The van der Waals surface area contributed by atoms with Gasteiger partial charge in [-0.3, -0.25) is 0 Å². The van der Waals surface area contributed by atoms with E-state index in [2.05, 4.69) is 97.9 Å². The zero-order valence-corrected chi connectivity index (χ0v) is 18.8. The van der Waals surface area contributed by atoms with Gasteiger partial charge < -0.3 is 23.1 Å².